The summed E-state index contributed by atoms with van der Waals surface area (Å²) in [5, 5.41) is 1.27. The van der Waals surface area contributed by atoms with Crippen LogP contribution in [0.2, 0.25) is 10.0 Å². The average Bonchev–Trinajstić information content (AvgIpc) is 2.60. The third-order valence-corrected chi connectivity index (χ3v) is 7.23. The summed E-state index contributed by atoms with van der Waals surface area (Å²) >= 11 is 12.7. The number of benzene rings is 2. The SMILES string of the molecule is CCCCS(=O)(=O)c1cccc([C@@H]2CN(C)Cc3c(Cl)cc(Cl)cc32)c1. The Morgan fingerprint density at radius 3 is 2.69 bits per heavy atom. The highest BCUT2D eigenvalue weighted by atomic mass is 35.5. The van der Waals surface area contributed by atoms with Crippen LogP contribution in [0.5, 0.6) is 0 Å². The fourth-order valence-electron chi connectivity index (χ4n) is 3.51. The van der Waals surface area contributed by atoms with Crippen molar-refractivity contribution in [1.29, 1.82) is 0 Å². The second kappa shape index (κ2) is 7.89. The van der Waals surface area contributed by atoms with E-state index in [-0.39, 0.29) is 11.7 Å². The van der Waals surface area contributed by atoms with Crippen molar-refractivity contribution in [2.45, 2.75) is 37.1 Å². The molecule has 0 aromatic heterocycles. The molecule has 1 heterocycles. The largest absolute Gasteiger partial charge is 0.301 e. The van der Waals surface area contributed by atoms with Crippen molar-refractivity contribution in [3.8, 4) is 0 Å². The van der Waals surface area contributed by atoms with Crippen LogP contribution in [0.1, 0.15) is 42.4 Å². The van der Waals surface area contributed by atoms with E-state index < -0.39 is 9.84 Å². The third-order valence-electron chi connectivity index (χ3n) is 4.88. The summed E-state index contributed by atoms with van der Waals surface area (Å²) in [6, 6.07) is 11.0. The first-order valence-corrected chi connectivity index (χ1v) is 11.2. The third kappa shape index (κ3) is 4.09. The molecule has 2 aromatic rings. The van der Waals surface area contributed by atoms with Crippen LogP contribution in [-0.4, -0.2) is 32.7 Å². The van der Waals surface area contributed by atoms with E-state index in [2.05, 4.69) is 4.90 Å². The van der Waals surface area contributed by atoms with Crippen molar-refractivity contribution in [2.75, 3.05) is 19.3 Å². The van der Waals surface area contributed by atoms with Crippen molar-refractivity contribution in [1.82, 2.24) is 4.90 Å². The smallest absolute Gasteiger partial charge is 0.178 e. The minimum atomic E-state index is -3.26. The number of hydrogen-bond donors (Lipinski definition) is 0. The molecule has 0 saturated heterocycles. The summed E-state index contributed by atoms with van der Waals surface area (Å²) in [6.45, 7) is 3.55. The molecule has 0 radical (unpaired) electrons. The van der Waals surface area contributed by atoms with Gasteiger partial charge in [0, 0.05) is 29.1 Å². The highest BCUT2D eigenvalue weighted by Crippen LogP contribution is 2.38. The van der Waals surface area contributed by atoms with E-state index in [4.69, 9.17) is 23.2 Å². The fraction of sp³-hybridized carbons (Fsp3) is 0.400. The van der Waals surface area contributed by atoms with Crippen molar-refractivity contribution < 1.29 is 8.42 Å². The van der Waals surface area contributed by atoms with Gasteiger partial charge in [-0.05, 0) is 54.4 Å². The number of rotatable bonds is 5. The second-order valence-electron chi connectivity index (χ2n) is 6.95. The number of halogens is 2. The van der Waals surface area contributed by atoms with E-state index in [1.54, 1.807) is 12.1 Å². The molecule has 0 saturated carbocycles. The van der Waals surface area contributed by atoms with Gasteiger partial charge in [0.25, 0.3) is 0 Å². The Bertz CT molecular complexity index is 912. The molecule has 1 aliphatic heterocycles. The Morgan fingerprint density at radius 1 is 1.19 bits per heavy atom. The molecule has 26 heavy (non-hydrogen) atoms. The molecule has 0 amide bonds. The van der Waals surface area contributed by atoms with E-state index >= 15 is 0 Å². The van der Waals surface area contributed by atoms with E-state index in [1.165, 1.54) is 0 Å². The van der Waals surface area contributed by atoms with Crippen molar-refractivity contribution in [3.05, 3.63) is 63.1 Å². The predicted molar refractivity (Wildman–Crippen MR) is 108 cm³/mol. The molecule has 0 N–H and O–H groups in total. The summed E-state index contributed by atoms with van der Waals surface area (Å²) in [5.41, 5.74) is 3.13. The summed E-state index contributed by atoms with van der Waals surface area (Å²) in [4.78, 5) is 2.59. The average molecular weight is 412 g/mol. The van der Waals surface area contributed by atoms with Gasteiger partial charge in [-0.25, -0.2) is 8.42 Å². The van der Waals surface area contributed by atoms with Crippen molar-refractivity contribution in [2.24, 2.45) is 0 Å². The zero-order valence-electron chi connectivity index (χ0n) is 15.0. The summed E-state index contributed by atoms with van der Waals surface area (Å²) in [7, 11) is -1.21. The standard InChI is InChI=1S/C20H23Cl2NO2S/c1-3-4-8-26(24,25)16-7-5-6-14(9-16)18-12-23(2)13-19-17(18)10-15(21)11-20(19)22/h5-7,9-11,18H,3-4,8,12-13H2,1-2H3/t18-/m0/s1. The molecule has 0 bridgehead atoms. The summed E-state index contributed by atoms with van der Waals surface area (Å²) in [5.74, 6) is 0.229. The van der Waals surface area contributed by atoms with Crippen LogP contribution < -0.4 is 0 Å². The maximum absolute atomic E-state index is 12.6. The fourth-order valence-corrected chi connectivity index (χ4v) is 5.58. The number of unbranched alkanes of at least 4 members (excludes halogenated alkanes) is 1. The van der Waals surface area contributed by atoms with Gasteiger partial charge in [0.2, 0.25) is 0 Å². The number of likely N-dealkylation sites (N-methyl/N-ethyl adjacent to an activating group) is 1. The molecule has 1 aliphatic rings. The number of fused-ring (bicyclic) bond motifs is 1. The molecule has 0 fully saturated rings. The van der Waals surface area contributed by atoms with Gasteiger partial charge in [-0.1, -0.05) is 48.7 Å². The first-order chi connectivity index (χ1) is 12.3. The second-order valence-corrected chi connectivity index (χ2v) is 9.90. The van der Waals surface area contributed by atoms with E-state index in [0.29, 0.717) is 21.4 Å². The lowest BCUT2D eigenvalue weighted by atomic mass is 9.85. The normalized spacial score (nSPS) is 17.9. The van der Waals surface area contributed by atoms with Gasteiger partial charge in [0.05, 0.1) is 10.6 Å². The van der Waals surface area contributed by atoms with Crippen LogP contribution in [0.15, 0.2) is 41.3 Å². The molecule has 1 atom stereocenters. The molecule has 3 nitrogen and oxygen atoms in total. The van der Waals surface area contributed by atoms with Crippen molar-refractivity contribution >= 4 is 33.0 Å². The van der Waals surface area contributed by atoms with Crippen LogP contribution >= 0.6 is 23.2 Å². The molecule has 3 rings (SSSR count). The Morgan fingerprint density at radius 2 is 1.96 bits per heavy atom. The van der Waals surface area contributed by atoms with Crippen LogP contribution in [-0.2, 0) is 16.4 Å². The van der Waals surface area contributed by atoms with E-state index in [9.17, 15) is 8.42 Å². The lowest BCUT2D eigenvalue weighted by molar-refractivity contribution is 0.295. The zero-order valence-corrected chi connectivity index (χ0v) is 17.3. The Hall–Kier alpha value is -1.07. The lowest BCUT2D eigenvalue weighted by Crippen LogP contribution is -2.31. The van der Waals surface area contributed by atoms with Gasteiger partial charge in [0.15, 0.2) is 9.84 Å². The van der Waals surface area contributed by atoms with Crippen LogP contribution in [0, 0.1) is 0 Å². The molecule has 0 spiro atoms. The molecular formula is C20H23Cl2NO2S. The molecule has 140 valence electrons. The van der Waals surface area contributed by atoms with E-state index in [1.807, 2.05) is 38.2 Å². The van der Waals surface area contributed by atoms with Crippen LogP contribution in [0.4, 0.5) is 0 Å². The van der Waals surface area contributed by atoms with Crippen LogP contribution in [0.3, 0.4) is 0 Å². The minimum Gasteiger partial charge on any atom is -0.301 e. The Labute approximate surface area is 165 Å². The number of hydrogen-bond acceptors (Lipinski definition) is 3. The highest BCUT2D eigenvalue weighted by Gasteiger charge is 2.28. The quantitative estimate of drug-likeness (QED) is 0.682. The van der Waals surface area contributed by atoms with Gasteiger partial charge >= 0.3 is 0 Å². The van der Waals surface area contributed by atoms with Gasteiger partial charge in [-0.2, -0.15) is 0 Å². The Balaban J connectivity index is 2.04. The topological polar surface area (TPSA) is 37.4 Å². The van der Waals surface area contributed by atoms with Gasteiger partial charge in [-0.15, -0.1) is 0 Å². The monoisotopic (exact) mass is 411 g/mol. The van der Waals surface area contributed by atoms with Crippen LogP contribution in [0.25, 0.3) is 0 Å². The molecule has 0 aliphatic carbocycles. The number of nitrogens with zero attached hydrogens (tertiary/aromatic N) is 1. The zero-order chi connectivity index (χ0) is 18.9. The van der Waals surface area contributed by atoms with Gasteiger partial charge in [0.1, 0.15) is 0 Å². The predicted octanol–water partition coefficient (Wildman–Crippen LogP) is 5.14. The molecule has 2 aromatic carbocycles. The molecule has 0 unspecified atom stereocenters. The maximum Gasteiger partial charge on any atom is 0.178 e. The Kier molecular flexibility index (Phi) is 5.97. The molecular weight excluding hydrogens is 389 g/mol. The summed E-state index contributed by atoms with van der Waals surface area (Å²) in [6.07, 6.45) is 1.53. The first kappa shape index (κ1) is 19.7. The van der Waals surface area contributed by atoms with Gasteiger partial charge in [-0.3, -0.25) is 0 Å². The maximum atomic E-state index is 12.6. The highest BCUT2D eigenvalue weighted by molar-refractivity contribution is 7.91. The lowest BCUT2D eigenvalue weighted by Gasteiger charge is -2.33. The summed E-state index contributed by atoms with van der Waals surface area (Å²) < 4.78 is 25.2. The molecule has 6 heteroatoms. The van der Waals surface area contributed by atoms with Gasteiger partial charge < -0.3 is 4.90 Å². The first-order valence-electron chi connectivity index (χ1n) is 8.81. The number of sulfone groups is 1. The van der Waals surface area contributed by atoms with E-state index in [0.717, 1.165) is 36.2 Å². The van der Waals surface area contributed by atoms with Crippen molar-refractivity contribution in [3.63, 3.8) is 0 Å². The minimum absolute atomic E-state index is 0.0428.